The summed E-state index contributed by atoms with van der Waals surface area (Å²) in [6, 6.07) is 2.95. The molecule has 1 heterocycles. The number of hydrogen-bond donors (Lipinski definition) is 1. The summed E-state index contributed by atoms with van der Waals surface area (Å²) in [4.78, 5) is 41.7. The standard InChI is InChI=1S/C20H25F3N4O3/c1-25(2)13-7-8-15(14(11-13)20(21,22)23)24-16(28)12-27-17(29)19(26(3)18(27)30)9-5-4-6-10-19/h7-8,11H,4-6,9-10,12H2,1-3H3,(H,24,28). The normalized spacial score (nSPS) is 18.9. The molecule has 1 saturated heterocycles. The van der Waals surface area contributed by atoms with Crippen LogP contribution in [0.25, 0.3) is 0 Å². The molecule has 0 radical (unpaired) electrons. The van der Waals surface area contributed by atoms with Crippen molar-refractivity contribution in [3.05, 3.63) is 23.8 Å². The van der Waals surface area contributed by atoms with Crippen LogP contribution in [0.15, 0.2) is 18.2 Å². The maximum Gasteiger partial charge on any atom is 0.418 e. The van der Waals surface area contributed by atoms with Crippen molar-refractivity contribution >= 4 is 29.2 Å². The molecule has 0 aromatic heterocycles. The molecule has 30 heavy (non-hydrogen) atoms. The van der Waals surface area contributed by atoms with E-state index >= 15 is 0 Å². The Labute approximate surface area is 172 Å². The monoisotopic (exact) mass is 426 g/mol. The molecule has 1 aliphatic carbocycles. The second-order valence-electron chi connectivity index (χ2n) is 8.00. The first-order chi connectivity index (χ1) is 14.0. The minimum atomic E-state index is -4.68. The Kier molecular flexibility index (Phi) is 5.70. The highest BCUT2D eigenvalue weighted by atomic mass is 19.4. The molecular weight excluding hydrogens is 401 g/mol. The van der Waals surface area contributed by atoms with Gasteiger partial charge in [0, 0.05) is 26.8 Å². The number of carbonyl (C=O) groups is 3. The molecule has 10 heteroatoms. The van der Waals surface area contributed by atoms with Crippen LogP contribution in [-0.2, 0) is 15.8 Å². The van der Waals surface area contributed by atoms with Gasteiger partial charge in [-0.25, -0.2) is 4.79 Å². The van der Waals surface area contributed by atoms with Crippen molar-refractivity contribution in [3.8, 4) is 0 Å². The highest BCUT2D eigenvalue weighted by Crippen LogP contribution is 2.40. The third-order valence-corrected chi connectivity index (χ3v) is 5.88. The van der Waals surface area contributed by atoms with E-state index in [2.05, 4.69) is 5.32 Å². The minimum absolute atomic E-state index is 0.325. The topological polar surface area (TPSA) is 73.0 Å². The number of amides is 4. The van der Waals surface area contributed by atoms with Crippen molar-refractivity contribution in [2.75, 3.05) is 37.9 Å². The molecule has 1 saturated carbocycles. The van der Waals surface area contributed by atoms with Crippen LogP contribution >= 0.6 is 0 Å². The number of nitrogens with one attached hydrogen (secondary N) is 1. The van der Waals surface area contributed by atoms with Crippen LogP contribution in [0.2, 0.25) is 0 Å². The SMILES string of the molecule is CN(C)c1ccc(NC(=O)CN2C(=O)N(C)C3(CCCCC3)C2=O)c(C(F)(F)F)c1. The van der Waals surface area contributed by atoms with Gasteiger partial charge in [-0.05, 0) is 31.0 Å². The fraction of sp³-hybridized carbons (Fsp3) is 0.550. The zero-order valence-corrected chi connectivity index (χ0v) is 17.2. The Bertz CT molecular complexity index is 863. The molecule has 1 spiro atoms. The fourth-order valence-corrected chi connectivity index (χ4v) is 4.16. The van der Waals surface area contributed by atoms with Gasteiger partial charge >= 0.3 is 12.2 Å². The molecule has 0 atom stereocenters. The molecule has 1 aromatic carbocycles. The molecule has 1 N–H and O–H groups in total. The number of imide groups is 1. The molecule has 3 rings (SSSR count). The fourth-order valence-electron chi connectivity index (χ4n) is 4.16. The smallest absolute Gasteiger partial charge is 0.378 e. The second-order valence-corrected chi connectivity index (χ2v) is 8.00. The second kappa shape index (κ2) is 7.81. The molecule has 164 valence electrons. The Morgan fingerprint density at radius 2 is 1.80 bits per heavy atom. The summed E-state index contributed by atoms with van der Waals surface area (Å²) in [5.41, 5.74) is -2.04. The maximum absolute atomic E-state index is 13.5. The molecule has 1 aliphatic heterocycles. The summed E-state index contributed by atoms with van der Waals surface area (Å²) in [7, 11) is 4.75. The molecule has 1 aromatic rings. The van der Waals surface area contributed by atoms with E-state index in [0.29, 0.717) is 18.5 Å². The molecule has 0 bridgehead atoms. The first-order valence-corrected chi connectivity index (χ1v) is 9.75. The summed E-state index contributed by atoms with van der Waals surface area (Å²) in [6.07, 6.45) is -1.05. The van der Waals surface area contributed by atoms with E-state index in [0.717, 1.165) is 30.2 Å². The highest BCUT2D eigenvalue weighted by molar-refractivity contribution is 6.10. The third kappa shape index (κ3) is 3.82. The number of urea groups is 1. The van der Waals surface area contributed by atoms with Crippen molar-refractivity contribution in [1.82, 2.24) is 9.80 Å². The zero-order valence-electron chi connectivity index (χ0n) is 17.2. The molecule has 2 aliphatic rings. The Morgan fingerprint density at radius 3 is 2.37 bits per heavy atom. The maximum atomic E-state index is 13.5. The van der Waals surface area contributed by atoms with E-state index in [4.69, 9.17) is 0 Å². The summed E-state index contributed by atoms with van der Waals surface area (Å²) in [5, 5.41) is 2.22. The quantitative estimate of drug-likeness (QED) is 0.750. The number of halogens is 3. The molecule has 4 amide bonds. The zero-order chi connectivity index (χ0) is 22.3. The van der Waals surface area contributed by atoms with Gasteiger partial charge in [-0.2, -0.15) is 13.2 Å². The Morgan fingerprint density at radius 1 is 1.17 bits per heavy atom. The van der Waals surface area contributed by atoms with E-state index in [9.17, 15) is 27.6 Å². The van der Waals surface area contributed by atoms with Gasteiger partial charge in [0.05, 0.1) is 11.3 Å². The van der Waals surface area contributed by atoms with E-state index < -0.39 is 47.4 Å². The third-order valence-electron chi connectivity index (χ3n) is 5.88. The first-order valence-electron chi connectivity index (χ1n) is 9.75. The van der Waals surface area contributed by atoms with Crippen LogP contribution in [0, 0.1) is 0 Å². The predicted molar refractivity (Wildman–Crippen MR) is 105 cm³/mol. The summed E-state index contributed by atoms with van der Waals surface area (Å²) in [6.45, 7) is -0.628. The largest absolute Gasteiger partial charge is 0.418 e. The van der Waals surface area contributed by atoms with Gasteiger partial charge in [0.1, 0.15) is 12.1 Å². The number of nitrogens with zero attached hydrogens (tertiary/aromatic N) is 3. The number of anilines is 2. The van der Waals surface area contributed by atoms with E-state index in [1.165, 1.54) is 29.0 Å². The van der Waals surface area contributed by atoms with Crippen LogP contribution in [-0.4, -0.2) is 60.9 Å². The van der Waals surface area contributed by atoms with E-state index in [1.54, 1.807) is 14.1 Å². The Balaban J connectivity index is 1.79. The number of hydrogen-bond acceptors (Lipinski definition) is 4. The van der Waals surface area contributed by atoms with Crippen LogP contribution in [0.1, 0.15) is 37.7 Å². The van der Waals surface area contributed by atoms with Crippen molar-refractivity contribution in [1.29, 1.82) is 0 Å². The highest BCUT2D eigenvalue weighted by Gasteiger charge is 2.55. The number of alkyl halides is 3. The first kappa shape index (κ1) is 21.9. The molecular formula is C20H25F3N4O3. The van der Waals surface area contributed by atoms with Crippen molar-refractivity contribution < 1.29 is 27.6 Å². The van der Waals surface area contributed by atoms with Crippen LogP contribution in [0.4, 0.5) is 29.3 Å². The van der Waals surface area contributed by atoms with Gasteiger partial charge in [0.25, 0.3) is 5.91 Å². The molecule has 2 fully saturated rings. The average molecular weight is 426 g/mol. The van der Waals surface area contributed by atoms with Gasteiger partial charge in [-0.1, -0.05) is 19.3 Å². The van der Waals surface area contributed by atoms with Gasteiger partial charge < -0.3 is 15.1 Å². The summed E-state index contributed by atoms with van der Waals surface area (Å²) >= 11 is 0. The predicted octanol–water partition coefficient (Wildman–Crippen LogP) is 3.31. The number of rotatable bonds is 4. The van der Waals surface area contributed by atoms with Gasteiger partial charge in [-0.15, -0.1) is 0 Å². The molecule has 0 unspecified atom stereocenters. The lowest BCUT2D eigenvalue weighted by atomic mass is 9.81. The lowest BCUT2D eigenvalue weighted by Gasteiger charge is -2.35. The number of likely N-dealkylation sites (N-methyl/N-ethyl adjacent to an activating group) is 1. The van der Waals surface area contributed by atoms with Gasteiger partial charge in [0.15, 0.2) is 0 Å². The van der Waals surface area contributed by atoms with Gasteiger partial charge in [0.2, 0.25) is 5.91 Å². The van der Waals surface area contributed by atoms with E-state index in [-0.39, 0.29) is 0 Å². The number of benzene rings is 1. The lowest BCUT2D eigenvalue weighted by molar-refractivity contribution is -0.138. The number of carbonyl (C=O) groups excluding carboxylic acids is 3. The van der Waals surface area contributed by atoms with Crippen molar-refractivity contribution in [3.63, 3.8) is 0 Å². The van der Waals surface area contributed by atoms with Crippen LogP contribution in [0.5, 0.6) is 0 Å². The van der Waals surface area contributed by atoms with Gasteiger partial charge in [-0.3, -0.25) is 14.5 Å². The van der Waals surface area contributed by atoms with Crippen LogP contribution < -0.4 is 10.2 Å². The average Bonchev–Trinajstić information content (AvgIpc) is 2.84. The van der Waals surface area contributed by atoms with Crippen molar-refractivity contribution in [2.24, 2.45) is 0 Å². The minimum Gasteiger partial charge on any atom is -0.378 e. The lowest BCUT2D eigenvalue weighted by Crippen LogP contribution is -2.49. The summed E-state index contributed by atoms with van der Waals surface area (Å²) in [5.74, 6) is -1.31. The van der Waals surface area contributed by atoms with Crippen LogP contribution in [0.3, 0.4) is 0 Å². The van der Waals surface area contributed by atoms with Crippen molar-refractivity contribution in [2.45, 2.75) is 43.8 Å². The van der Waals surface area contributed by atoms with E-state index in [1.807, 2.05) is 0 Å². The molecule has 7 nitrogen and oxygen atoms in total. The summed E-state index contributed by atoms with van der Waals surface area (Å²) < 4.78 is 40.4. The Hall–Kier alpha value is -2.78.